The van der Waals surface area contributed by atoms with Crippen molar-refractivity contribution in [3.63, 3.8) is 0 Å². The highest BCUT2D eigenvalue weighted by Crippen LogP contribution is 2.18. The molecule has 1 aromatic heterocycles. The Morgan fingerprint density at radius 2 is 1.63 bits per heavy atom. The van der Waals surface area contributed by atoms with Gasteiger partial charge in [0.25, 0.3) is 11.8 Å². The Labute approximate surface area is 204 Å². The molecule has 3 aromatic rings. The summed E-state index contributed by atoms with van der Waals surface area (Å²) in [7, 11) is 0. The first-order chi connectivity index (χ1) is 17.1. The first-order valence-electron chi connectivity index (χ1n) is 11.9. The number of benzene rings is 2. The lowest BCUT2D eigenvalue weighted by Crippen LogP contribution is -2.36. The summed E-state index contributed by atoms with van der Waals surface area (Å²) in [5.41, 5.74) is 2.32. The molecule has 0 unspecified atom stereocenters. The molecular weight excluding hydrogens is 444 g/mol. The normalized spacial score (nSPS) is 13.6. The predicted molar refractivity (Wildman–Crippen MR) is 134 cm³/mol. The van der Waals surface area contributed by atoms with Gasteiger partial charge in [0.05, 0.1) is 19.4 Å². The van der Waals surface area contributed by atoms with E-state index in [9.17, 15) is 14.4 Å². The summed E-state index contributed by atoms with van der Waals surface area (Å²) in [4.78, 5) is 37.2. The summed E-state index contributed by atoms with van der Waals surface area (Å²) < 4.78 is 5.20. The molecule has 0 aliphatic heterocycles. The third kappa shape index (κ3) is 7.20. The van der Waals surface area contributed by atoms with Gasteiger partial charge in [-0.15, -0.1) is 0 Å². The van der Waals surface area contributed by atoms with Crippen molar-refractivity contribution in [2.45, 2.75) is 44.7 Å². The van der Waals surface area contributed by atoms with Crippen molar-refractivity contribution in [2.24, 2.45) is 0 Å². The summed E-state index contributed by atoms with van der Waals surface area (Å²) in [6.07, 6.45) is 7.12. The van der Waals surface area contributed by atoms with E-state index < -0.39 is 0 Å². The molecule has 0 atom stereocenters. The van der Waals surface area contributed by atoms with Gasteiger partial charge in [-0.05, 0) is 67.4 Å². The van der Waals surface area contributed by atoms with Crippen LogP contribution < -0.4 is 21.3 Å². The number of rotatable bonds is 9. The second kappa shape index (κ2) is 11.9. The number of amides is 3. The highest BCUT2D eigenvalue weighted by atomic mass is 16.3. The second-order valence-electron chi connectivity index (χ2n) is 8.63. The van der Waals surface area contributed by atoms with Gasteiger partial charge in [-0.2, -0.15) is 0 Å². The van der Waals surface area contributed by atoms with Crippen LogP contribution in [0.1, 0.15) is 58.6 Å². The summed E-state index contributed by atoms with van der Waals surface area (Å²) in [6, 6.07) is 17.6. The summed E-state index contributed by atoms with van der Waals surface area (Å²) in [5, 5.41) is 11.7. The number of nitrogens with one attached hydrogen (secondary N) is 4. The number of anilines is 2. The van der Waals surface area contributed by atoms with E-state index in [1.807, 2.05) is 0 Å². The Morgan fingerprint density at radius 3 is 2.37 bits per heavy atom. The smallest absolute Gasteiger partial charge is 0.251 e. The summed E-state index contributed by atoms with van der Waals surface area (Å²) >= 11 is 0. The van der Waals surface area contributed by atoms with Gasteiger partial charge in [-0.1, -0.05) is 25.3 Å². The molecule has 3 amide bonds. The quantitative estimate of drug-likeness (QED) is 0.369. The van der Waals surface area contributed by atoms with E-state index in [-0.39, 0.29) is 30.3 Å². The maximum Gasteiger partial charge on any atom is 0.251 e. The fraction of sp³-hybridized carbons (Fsp3) is 0.296. The number of furan rings is 1. The van der Waals surface area contributed by atoms with E-state index in [0.717, 1.165) is 25.7 Å². The van der Waals surface area contributed by atoms with Crippen LogP contribution in [0.2, 0.25) is 0 Å². The van der Waals surface area contributed by atoms with Crippen molar-refractivity contribution >= 4 is 29.1 Å². The fourth-order valence-electron chi connectivity index (χ4n) is 4.06. The molecule has 0 bridgehead atoms. The van der Waals surface area contributed by atoms with Crippen LogP contribution in [0.3, 0.4) is 0 Å². The molecule has 2 aromatic carbocycles. The Morgan fingerprint density at radius 1 is 0.829 bits per heavy atom. The number of carbonyl (C=O) groups excluding carboxylic acids is 3. The lowest BCUT2D eigenvalue weighted by atomic mass is 9.95. The summed E-state index contributed by atoms with van der Waals surface area (Å²) in [5.74, 6) is 0.116. The van der Waals surface area contributed by atoms with Crippen LogP contribution in [-0.2, 0) is 11.3 Å². The van der Waals surface area contributed by atoms with Crippen LogP contribution in [0.15, 0.2) is 71.3 Å². The number of hydrogen-bond donors (Lipinski definition) is 4. The van der Waals surface area contributed by atoms with E-state index in [4.69, 9.17) is 4.42 Å². The van der Waals surface area contributed by atoms with Crippen LogP contribution in [-0.4, -0.2) is 30.3 Å². The second-order valence-corrected chi connectivity index (χ2v) is 8.63. The maximum absolute atomic E-state index is 12.6. The predicted octanol–water partition coefficient (Wildman–Crippen LogP) is 4.32. The molecule has 4 N–H and O–H groups in total. The van der Waals surface area contributed by atoms with Gasteiger partial charge in [-0.25, -0.2) is 0 Å². The zero-order valence-corrected chi connectivity index (χ0v) is 19.5. The topological polar surface area (TPSA) is 112 Å². The highest BCUT2D eigenvalue weighted by molar-refractivity contribution is 5.98. The van der Waals surface area contributed by atoms with Gasteiger partial charge in [0.2, 0.25) is 5.91 Å². The lowest BCUT2D eigenvalue weighted by Gasteiger charge is -2.22. The molecule has 8 nitrogen and oxygen atoms in total. The van der Waals surface area contributed by atoms with E-state index in [2.05, 4.69) is 21.3 Å². The molecule has 35 heavy (non-hydrogen) atoms. The minimum atomic E-state index is -0.241. The van der Waals surface area contributed by atoms with Gasteiger partial charge in [0, 0.05) is 28.5 Å². The summed E-state index contributed by atoms with van der Waals surface area (Å²) in [6.45, 7) is 0.359. The molecule has 1 aliphatic rings. The molecule has 0 spiro atoms. The van der Waals surface area contributed by atoms with Crippen LogP contribution in [0, 0.1) is 0 Å². The van der Waals surface area contributed by atoms with Gasteiger partial charge in [-0.3, -0.25) is 14.4 Å². The van der Waals surface area contributed by atoms with Crippen LogP contribution >= 0.6 is 0 Å². The number of carbonyl (C=O) groups is 3. The standard InChI is InChI=1S/C27H30N4O4/c32-25(30-23-9-4-6-20(16-23)27(34)31-22-7-2-1-3-8-22)18-28-21-13-11-19(12-14-21)26(33)29-17-24-10-5-15-35-24/h4-6,9-16,22,28H,1-3,7-8,17-18H2,(H,29,33)(H,30,32)(H,31,34). The van der Waals surface area contributed by atoms with Crippen LogP contribution in [0.5, 0.6) is 0 Å². The monoisotopic (exact) mass is 474 g/mol. The minimum absolute atomic E-state index is 0.0442. The van der Waals surface area contributed by atoms with Crippen molar-refractivity contribution in [2.75, 3.05) is 17.2 Å². The Kier molecular flexibility index (Phi) is 8.17. The zero-order valence-electron chi connectivity index (χ0n) is 19.5. The molecule has 4 rings (SSSR count). The molecule has 8 heteroatoms. The van der Waals surface area contributed by atoms with E-state index in [0.29, 0.717) is 34.8 Å². The lowest BCUT2D eigenvalue weighted by molar-refractivity contribution is -0.114. The molecule has 1 heterocycles. The van der Waals surface area contributed by atoms with Crippen molar-refractivity contribution < 1.29 is 18.8 Å². The third-order valence-electron chi connectivity index (χ3n) is 5.95. The molecule has 1 aliphatic carbocycles. The largest absolute Gasteiger partial charge is 0.467 e. The average Bonchev–Trinajstić information content (AvgIpc) is 3.41. The first-order valence-corrected chi connectivity index (χ1v) is 11.9. The maximum atomic E-state index is 12.6. The molecule has 1 saturated carbocycles. The van der Waals surface area contributed by atoms with Gasteiger partial charge in [0.15, 0.2) is 0 Å². The molecule has 1 fully saturated rings. The van der Waals surface area contributed by atoms with Gasteiger partial charge >= 0.3 is 0 Å². The van der Waals surface area contributed by atoms with Crippen LogP contribution in [0.25, 0.3) is 0 Å². The average molecular weight is 475 g/mol. The highest BCUT2D eigenvalue weighted by Gasteiger charge is 2.17. The molecule has 182 valence electrons. The van der Waals surface area contributed by atoms with Crippen molar-refractivity contribution in [3.8, 4) is 0 Å². The van der Waals surface area contributed by atoms with Crippen LogP contribution in [0.4, 0.5) is 11.4 Å². The SMILES string of the molecule is O=C(CNc1ccc(C(=O)NCc2ccco2)cc1)Nc1cccc(C(=O)NC2CCCCC2)c1. The Hall–Kier alpha value is -4.07. The molecular formula is C27H30N4O4. The van der Waals surface area contributed by atoms with E-state index >= 15 is 0 Å². The first kappa shape index (κ1) is 24.1. The van der Waals surface area contributed by atoms with E-state index in [1.54, 1.807) is 66.9 Å². The van der Waals surface area contributed by atoms with Crippen molar-refractivity contribution in [1.29, 1.82) is 0 Å². The Bertz CT molecular complexity index is 1140. The van der Waals surface area contributed by atoms with Crippen molar-refractivity contribution in [3.05, 3.63) is 83.8 Å². The molecule has 0 radical (unpaired) electrons. The van der Waals surface area contributed by atoms with E-state index in [1.165, 1.54) is 6.42 Å². The zero-order chi connectivity index (χ0) is 24.5. The number of hydrogen-bond acceptors (Lipinski definition) is 5. The minimum Gasteiger partial charge on any atom is -0.467 e. The Balaban J connectivity index is 1.23. The van der Waals surface area contributed by atoms with Gasteiger partial charge in [0.1, 0.15) is 5.76 Å². The van der Waals surface area contributed by atoms with Gasteiger partial charge < -0.3 is 25.7 Å². The fourth-order valence-corrected chi connectivity index (χ4v) is 4.06. The third-order valence-corrected chi connectivity index (χ3v) is 5.95. The molecule has 0 saturated heterocycles. The van der Waals surface area contributed by atoms with Crippen molar-refractivity contribution in [1.82, 2.24) is 10.6 Å².